The molecule has 0 unspecified atom stereocenters. The molecule has 0 spiro atoms. The van der Waals surface area contributed by atoms with Crippen LogP contribution in [0.5, 0.6) is 0 Å². The molecule has 11 heteroatoms. The van der Waals surface area contributed by atoms with Crippen LogP contribution in [-0.4, -0.2) is 45.8 Å². The Kier molecular flexibility index (Phi) is 9.05. The number of thioether (sulfide) groups is 1. The van der Waals surface area contributed by atoms with Crippen LogP contribution in [0.15, 0.2) is 59.5 Å². The van der Waals surface area contributed by atoms with Crippen LogP contribution in [0.4, 0.5) is 18.3 Å². The first-order valence-electron chi connectivity index (χ1n) is 10.5. The minimum absolute atomic E-state index is 0.0380. The van der Waals surface area contributed by atoms with Crippen LogP contribution >= 0.6 is 23.1 Å². The van der Waals surface area contributed by atoms with Crippen molar-refractivity contribution >= 4 is 40.0 Å². The lowest BCUT2D eigenvalue weighted by molar-refractivity contribution is -0.137. The fourth-order valence-corrected chi connectivity index (χ4v) is 4.58. The number of halogens is 3. The van der Waals surface area contributed by atoms with E-state index in [-0.39, 0.29) is 29.9 Å². The Labute approximate surface area is 203 Å². The van der Waals surface area contributed by atoms with Crippen LogP contribution in [0.25, 0.3) is 10.6 Å². The number of amides is 2. The molecule has 0 aliphatic rings. The molecule has 0 aliphatic heterocycles. The van der Waals surface area contributed by atoms with Crippen molar-refractivity contribution in [3.63, 3.8) is 0 Å². The molecule has 0 atom stereocenters. The Balaban J connectivity index is 1.51. The fourth-order valence-electron chi connectivity index (χ4n) is 2.99. The predicted octanol–water partition coefficient (Wildman–Crippen LogP) is 5.58. The third-order valence-electron chi connectivity index (χ3n) is 4.69. The Hall–Kier alpha value is -2.92. The SMILES string of the molecule is CCCN(CCC(=O)Nc1nnc(-c2ccc(C(F)(F)F)cc2)s1)C(=O)CSc1ccccc1. The summed E-state index contributed by atoms with van der Waals surface area (Å²) in [6.45, 7) is 2.80. The summed E-state index contributed by atoms with van der Waals surface area (Å²) in [5.74, 6) is -0.0674. The Morgan fingerprint density at radius 2 is 1.74 bits per heavy atom. The summed E-state index contributed by atoms with van der Waals surface area (Å²) in [7, 11) is 0. The van der Waals surface area contributed by atoms with Crippen LogP contribution in [0.3, 0.4) is 0 Å². The standard InChI is InChI=1S/C23H23F3N4O2S2/c1-2-13-30(20(32)15-33-18-6-4-3-5-7-18)14-12-19(31)27-22-29-28-21(34-22)16-8-10-17(11-9-16)23(24,25)26/h3-11H,2,12-15H2,1H3,(H,27,29,31). The molecule has 1 aromatic heterocycles. The molecular weight excluding hydrogens is 485 g/mol. The summed E-state index contributed by atoms with van der Waals surface area (Å²) < 4.78 is 38.2. The van der Waals surface area contributed by atoms with Gasteiger partial charge in [0, 0.05) is 30.0 Å². The monoisotopic (exact) mass is 508 g/mol. The van der Waals surface area contributed by atoms with E-state index in [4.69, 9.17) is 0 Å². The molecule has 1 N–H and O–H groups in total. The van der Waals surface area contributed by atoms with E-state index in [2.05, 4.69) is 15.5 Å². The first-order valence-corrected chi connectivity index (χ1v) is 12.3. The number of anilines is 1. The van der Waals surface area contributed by atoms with Crippen molar-refractivity contribution in [2.75, 3.05) is 24.2 Å². The topological polar surface area (TPSA) is 75.2 Å². The van der Waals surface area contributed by atoms with Crippen molar-refractivity contribution in [2.45, 2.75) is 30.8 Å². The number of nitrogens with zero attached hydrogens (tertiary/aromatic N) is 3. The third kappa shape index (κ3) is 7.56. The predicted molar refractivity (Wildman–Crippen MR) is 128 cm³/mol. The lowest BCUT2D eigenvalue weighted by Gasteiger charge is -2.21. The number of hydrogen-bond acceptors (Lipinski definition) is 6. The molecule has 1 heterocycles. The van der Waals surface area contributed by atoms with Crippen LogP contribution in [-0.2, 0) is 15.8 Å². The highest BCUT2D eigenvalue weighted by molar-refractivity contribution is 8.00. The van der Waals surface area contributed by atoms with Crippen molar-refractivity contribution in [1.82, 2.24) is 15.1 Å². The molecule has 3 rings (SSSR count). The van der Waals surface area contributed by atoms with Gasteiger partial charge >= 0.3 is 6.18 Å². The van der Waals surface area contributed by atoms with Crippen molar-refractivity contribution in [1.29, 1.82) is 0 Å². The number of nitrogens with one attached hydrogen (secondary N) is 1. The van der Waals surface area contributed by atoms with E-state index in [0.717, 1.165) is 34.8 Å². The Morgan fingerprint density at radius 1 is 1.03 bits per heavy atom. The molecule has 2 amide bonds. The van der Waals surface area contributed by atoms with Crippen LogP contribution in [0, 0.1) is 0 Å². The van der Waals surface area contributed by atoms with E-state index in [1.807, 2.05) is 37.3 Å². The number of alkyl halides is 3. The number of hydrogen-bond donors (Lipinski definition) is 1. The van der Waals surface area contributed by atoms with Gasteiger partial charge < -0.3 is 10.2 Å². The maximum absolute atomic E-state index is 12.7. The molecule has 2 aromatic carbocycles. The average Bonchev–Trinajstić information content (AvgIpc) is 3.28. The second-order valence-corrected chi connectivity index (χ2v) is 9.29. The van der Waals surface area contributed by atoms with Crippen molar-refractivity contribution in [3.05, 3.63) is 60.2 Å². The smallest absolute Gasteiger partial charge is 0.341 e. The maximum Gasteiger partial charge on any atom is 0.416 e. The third-order valence-corrected chi connectivity index (χ3v) is 6.58. The highest BCUT2D eigenvalue weighted by Gasteiger charge is 2.30. The molecule has 34 heavy (non-hydrogen) atoms. The second-order valence-electron chi connectivity index (χ2n) is 7.27. The van der Waals surface area contributed by atoms with Gasteiger partial charge in [-0.2, -0.15) is 13.2 Å². The lowest BCUT2D eigenvalue weighted by atomic mass is 10.1. The molecule has 6 nitrogen and oxygen atoms in total. The zero-order valence-electron chi connectivity index (χ0n) is 18.3. The van der Waals surface area contributed by atoms with Crippen LogP contribution < -0.4 is 5.32 Å². The summed E-state index contributed by atoms with van der Waals surface area (Å²) >= 11 is 2.52. The van der Waals surface area contributed by atoms with Crippen LogP contribution in [0.1, 0.15) is 25.3 Å². The number of carbonyl (C=O) groups excluding carboxylic acids is 2. The largest absolute Gasteiger partial charge is 0.416 e. The summed E-state index contributed by atoms with van der Waals surface area (Å²) in [5.41, 5.74) is -0.274. The number of carbonyl (C=O) groups is 2. The van der Waals surface area contributed by atoms with Gasteiger partial charge in [-0.05, 0) is 30.7 Å². The number of benzene rings is 2. The van der Waals surface area contributed by atoms with E-state index >= 15 is 0 Å². The molecule has 0 fully saturated rings. The van der Waals surface area contributed by atoms with E-state index in [1.165, 1.54) is 23.9 Å². The summed E-state index contributed by atoms with van der Waals surface area (Å²) in [4.78, 5) is 27.7. The first-order chi connectivity index (χ1) is 16.3. The second kappa shape index (κ2) is 12.0. The van der Waals surface area contributed by atoms with Gasteiger partial charge in [-0.25, -0.2) is 0 Å². The lowest BCUT2D eigenvalue weighted by Crippen LogP contribution is -2.35. The van der Waals surface area contributed by atoms with Gasteiger partial charge in [0.25, 0.3) is 0 Å². The number of rotatable bonds is 10. The quantitative estimate of drug-likeness (QED) is 0.362. The Morgan fingerprint density at radius 3 is 2.38 bits per heavy atom. The van der Waals surface area contributed by atoms with Gasteiger partial charge in [0.1, 0.15) is 5.01 Å². The van der Waals surface area contributed by atoms with E-state index in [1.54, 1.807) is 4.90 Å². The van der Waals surface area contributed by atoms with Gasteiger partial charge in [-0.3, -0.25) is 9.59 Å². The van der Waals surface area contributed by atoms with E-state index in [9.17, 15) is 22.8 Å². The molecular formula is C23H23F3N4O2S2. The zero-order valence-corrected chi connectivity index (χ0v) is 20.0. The zero-order chi connectivity index (χ0) is 24.6. The average molecular weight is 509 g/mol. The molecule has 180 valence electrons. The number of aromatic nitrogens is 2. The van der Waals surface area contributed by atoms with Gasteiger partial charge in [-0.15, -0.1) is 22.0 Å². The highest BCUT2D eigenvalue weighted by atomic mass is 32.2. The van der Waals surface area contributed by atoms with E-state index < -0.39 is 11.7 Å². The minimum atomic E-state index is -4.41. The van der Waals surface area contributed by atoms with Gasteiger partial charge in [-0.1, -0.05) is 48.6 Å². The highest BCUT2D eigenvalue weighted by Crippen LogP contribution is 2.32. The maximum atomic E-state index is 12.7. The van der Waals surface area contributed by atoms with Gasteiger partial charge in [0.2, 0.25) is 16.9 Å². The molecule has 0 bridgehead atoms. The first kappa shape index (κ1) is 25.7. The molecule has 0 saturated carbocycles. The van der Waals surface area contributed by atoms with Crippen molar-refractivity contribution in [2.24, 2.45) is 0 Å². The molecule has 3 aromatic rings. The van der Waals surface area contributed by atoms with Crippen molar-refractivity contribution in [3.8, 4) is 10.6 Å². The fraction of sp³-hybridized carbons (Fsp3) is 0.304. The van der Waals surface area contributed by atoms with E-state index in [0.29, 0.717) is 22.9 Å². The summed E-state index contributed by atoms with van der Waals surface area (Å²) in [6.07, 6.45) is -3.54. The van der Waals surface area contributed by atoms with Gasteiger partial charge in [0.15, 0.2) is 0 Å². The Bertz CT molecular complexity index is 1090. The minimum Gasteiger partial charge on any atom is -0.341 e. The van der Waals surface area contributed by atoms with Crippen LogP contribution in [0.2, 0.25) is 0 Å². The molecule has 0 aliphatic carbocycles. The molecule has 0 radical (unpaired) electrons. The van der Waals surface area contributed by atoms with Gasteiger partial charge in [0.05, 0.1) is 11.3 Å². The summed E-state index contributed by atoms with van der Waals surface area (Å²) in [5, 5.41) is 11.1. The summed E-state index contributed by atoms with van der Waals surface area (Å²) in [6, 6.07) is 14.2. The molecule has 0 saturated heterocycles. The normalized spacial score (nSPS) is 11.3. The van der Waals surface area contributed by atoms with Crippen molar-refractivity contribution < 1.29 is 22.8 Å².